The van der Waals surface area contributed by atoms with E-state index in [0.29, 0.717) is 5.57 Å². The maximum absolute atomic E-state index is 9.94. The third-order valence-corrected chi connectivity index (χ3v) is 1.30. The number of nitrogens with zero attached hydrogens (tertiary/aromatic N) is 1. The minimum Gasteiger partial charge on any atom is -0.430 e. The van der Waals surface area contributed by atoms with Crippen LogP contribution in [0.1, 0.15) is 13.8 Å². The van der Waals surface area contributed by atoms with Crippen LogP contribution in [-0.4, -0.2) is 31.5 Å². The smallest absolute Gasteiger partial charge is 0.341 e. The van der Waals surface area contributed by atoms with Gasteiger partial charge in [-0.3, -0.25) is 0 Å². The number of carbonyl (C=O) groups excluding carboxylic acids is 1. The molecule has 0 aromatic rings. The van der Waals surface area contributed by atoms with Crippen LogP contribution in [0.15, 0.2) is 11.8 Å². The molecule has 0 aliphatic carbocycles. The van der Waals surface area contributed by atoms with Crippen LogP contribution in [0.3, 0.4) is 0 Å². The Morgan fingerprint density at radius 3 is 1.91 bits per heavy atom. The van der Waals surface area contributed by atoms with Gasteiger partial charge in [0, 0.05) is 0 Å². The van der Waals surface area contributed by atoms with Crippen molar-refractivity contribution in [2.75, 3.05) is 20.6 Å². The summed E-state index contributed by atoms with van der Waals surface area (Å²) in [4.78, 5) is 12.1. The minimum absolute atomic E-state index is 0.199. The van der Waals surface area contributed by atoms with Gasteiger partial charge in [-0.05, 0) is 27.6 Å². The van der Waals surface area contributed by atoms with Crippen LogP contribution in [0.25, 0.3) is 0 Å². The molecule has 3 nitrogen and oxygen atoms in total. The second kappa shape index (κ2) is 4.91. The van der Waals surface area contributed by atoms with E-state index in [4.69, 9.17) is 0 Å². The minimum atomic E-state index is -0.199. The molecule has 0 amide bonds. The molecule has 1 rings (SSSR count). The standard InChI is InChI=1S/C4H11N.C4H4O2/c1-4-5(2)3;1-3-2-6-4(3)5/h4H2,1-3H3;2H,1H3. The molecule has 0 aromatic heterocycles. The average Bonchev–Trinajstić information content (AvgIpc) is 2.02. The molecule has 1 heterocycles. The molecule has 1 aliphatic heterocycles. The van der Waals surface area contributed by atoms with Crippen molar-refractivity contribution >= 4 is 5.97 Å². The lowest BCUT2D eigenvalue weighted by Gasteiger charge is -2.05. The Kier molecular flexibility index (Phi) is 4.54. The van der Waals surface area contributed by atoms with Crippen LogP contribution in [0.5, 0.6) is 0 Å². The van der Waals surface area contributed by atoms with Gasteiger partial charge in [-0.1, -0.05) is 6.92 Å². The molecule has 0 N–H and O–H groups in total. The van der Waals surface area contributed by atoms with E-state index in [1.165, 1.54) is 6.26 Å². The van der Waals surface area contributed by atoms with Crippen LogP contribution in [0, 0.1) is 0 Å². The predicted molar refractivity (Wildman–Crippen MR) is 44.1 cm³/mol. The van der Waals surface area contributed by atoms with E-state index < -0.39 is 0 Å². The van der Waals surface area contributed by atoms with Gasteiger partial charge in [-0.25, -0.2) is 4.79 Å². The molecule has 0 radical (unpaired) electrons. The second-order valence-corrected chi connectivity index (χ2v) is 2.60. The molecule has 11 heavy (non-hydrogen) atoms. The zero-order valence-electron chi connectivity index (χ0n) is 7.55. The molecule has 0 spiro atoms. The van der Waals surface area contributed by atoms with Gasteiger partial charge in [0.15, 0.2) is 0 Å². The summed E-state index contributed by atoms with van der Waals surface area (Å²) in [6, 6.07) is 0. The van der Waals surface area contributed by atoms with Crippen molar-refractivity contribution in [3.05, 3.63) is 11.8 Å². The SMILES string of the molecule is CC1=COC1=O.CCN(C)C. The largest absolute Gasteiger partial charge is 0.430 e. The number of hydrogen-bond acceptors (Lipinski definition) is 3. The first-order valence-corrected chi connectivity index (χ1v) is 3.60. The second-order valence-electron chi connectivity index (χ2n) is 2.60. The summed E-state index contributed by atoms with van der Waals surface area (Å²) in [5.74, 6) is -0.199. The number of hydrogen-bond donors (Lipinski definition) is 0. The summed E-state index contributed by atoms with van der Waals surface area (Å²) in [5, 5.41) is 0. The fraction of sp³-hybridized carbons (Fsp3) is 0.625. The molecule has 64 valence electrons. The molecule has 0 unspecified atom stereocenters. The molecule has 3 heteroatoms. The van der Waals surface area contributed by atoms with Crippen molar-refractivity contribution in [3.8, 4) is 0 Å². The Balaban J connectivity index is 0.000000187. The van der Waals surface area contributed by atoms with Crippen molar-refractivity contribution in [1.29, 1.82) is 0 Å². The van der Waals surface area contributed by atoms with Crippen molar-refractivity contribution in [2.45, 2.75) is 13.8 Å². The van der Waals surface area contributed by atoms with Gasteiger partial charge in [0.05, 0.1) is 5.57 Å². The van der Waals surface area contributed by atoms with Crippen LogP contribution in [-0.2, 0) is 9.53 Å². The van der Waals surface area contributed by atoms with Crippen LogP contribution in [0.2, 0.25) is 0 Å². The van der Waals surface area contributed by atoms with Crippen LogP contribution in [0.4, 0.5) is 0 Å². The summed E-state index contributed by atoms with van der Waals surface area (Å²) in [5.41, 5.74) is 0.704. The summed E-state index contributed by atoms with van der Waals surface area (Å²) < 4.78 is 4.24. The lowest BCUT2D eigenvalue weighted by Crippen LogP contribution is -2.10. The third kappa shape index (κ3) is 4.56. The highest BCUT2D eigenvalue weighted by Gasteiger charge is 2.12. The Morgan fingerprint density at radius 1 is 1.55 bits per heavy atom. The van der Waals surface area contributed by atoms with Gasteiger partial charge in [0.25, 0.3) is 0 Å². The number of ether oxygens (including phenoxy) is 1. The van der Waals surface area contributed by atoms with Gasteiger partial charge in [0.1, 0.15) is 6.26 Å². The first-order valence-electron chi connectivity index (χ1n) is 3.60. The van der Waals surface area contributed by atoms with Gasteiger partial charge in [-0.2, -0.15) is 0 Å². The topological polar surface area (TPSA) is 29.5 Å². The van der Waals surface area contributed by atoms with Crippen molar-refractivity contribution in [3.63, 3.8) is 0 Å². The zero-order valence-corrected chi connectivity index (χ0v) is 7.55. The highest BCUT2D eigenvalue weighted by atomic mass is 16.5. The summed E-state index contributed by atoms with van der Waals surface area (Å²) in [6.45, 7) is 4.98. The summed E-state index contributed by atoms with van der Waals surface area (Å²) >= 11 is 0. The normalized spacial score (nSPS) is 14.3. The predicted octanol–water partition coefficient (Wildman–Crippen LogP) is 1.01. The lowest BCUT2D eigenvalue weighted by molar-refractivity contribution is -0.138. The number of carbonyl (C=O) groups is 1. The van der Waals surface area contributed by atoms with E-state index in [9.17, 15) is 4.79 Å². The first kappa shape index (κ1) is 10.2. The average molecular weight is 157 g/mol. The van der Waals surface area contributed by atoms with Crippen molar-refractivity contribution < 1.29 is 9.53 Å². The van der Waals surface area contributed by atoms with Gasteiger partial charge in [-0.15, -0.1) is 0 Å². The quantitative estimate of drug-likeness (QED) is 0.532. The molecular weight excluding hydrogens is 142 g/mol. The maximum Gasteiger partial charge on any atom is 0.341 e. The zero-order chi connectivity index (χ0) is 8.85. The maximum atomic E-state index is 9.94. The Morgan fingerprint density at radius 2 is 1.91 bits per heavy atom. The number of cyclic esters (lactones) is 1. The Labute approximate surface area is 67.6 Å². The molecule has 0 fully saturated rings. The van der Waals surface area contributed by atoms with Gasteiger partial charge in [0.2, 0.25) is 0 Å². The van der Waals surface area contributed by atoms with E-state index in [2.05, 4.69) is 30.7 Å². The third-order valence-electron chi connectivity index (χ3n) is 1.30. The fourth-order valence-electron chi connectivity index (χ4n) is 0.225. The van der Waals surface area contributed by atoms with Crippen molar-refractivity contribution in [2.24, 2.45) is 0 Å². The molecule has 0 saturated carbocycles. The monoisotopic (exact) mass is 157 g/mol. The summed E-state index contributed by atoms with van der Waals surface area (Å²) in [6.07, 6.45) is 1.43. The van der Waals surface area contributed by atoms with E-state index >= 15 is 0 Å². The van der Waals surface area contributed by atoms with Crippen LogP contribution >= 0.6 is 0 Å². The molecule has 0 aromatic carbocycles. The van der Waals surface area contributed by atoms with E-state index in [0.717, 1.165) is 6.54 Å². The summed E-state index contributed by atoms with van der Waals surface area (Å²) in [7, 11) is 4.11. The van der Waals surface area contributed by atoms with E-state index in [1.54, 1.807) is 6.92 Å². The highest BCUT2D eigenvalue weighted by Crippen LogP contribution is 2.06. The van der Waals surface area contributed by atoms with E-state index in [1.807, 2.05) is 0 Å². The lowest BCUT2D eigenvalue weighted by atomic mass is 10.3. The van der Waals surface area contributed by atoms with Gasteiger partial charge < -0.3 is 9.64 Å². The van der Waals surface area contributed by atoms with E-state index in [-0.39, 0.29) is 5.97 Å². The number of rotatable bonds is 1. The van der Waals surface area contributed by atoms with Gasteiger partial charge >= 0.3 is 5.97 Å². The van der Waals surface area contributed by atoms with Crippen molar-refractivity contribution in [1.82, 2.24) is 4.90 Å². The Hall–Kier alpha value is -0.830. The van der Waals surface area contributed by atoms with Crippen LogP contribution < -0.4 is 0 Å². The molecule has 1 aliphatic rings. The molecular formula is C8H15NO2. The fourth-order valence-corrected chi connectivity index (χ4v) is 0.225. The highest BCUT2D eigenvalue weighted by molar-refractivity contribution is 5.92. The first-order chi connectivity index (χ1) is 5.07. The molecule has 0 saturated heterocycles. The molecule has 0 atom stereocenters. The molecule has 0 bridgehead atoms. The Bertz CT molecular complexity index is 161. The number of esters is 1.